The monoisotopic (exact) mass is 498 g/mol. The van der Waals surface area contributed by atoms with Crippen LogP contribution in [-0.4, -0.2) is 24.3 Å². The normalized spacial score (nSPS) is 13.2. The molecule has 25 heavy (non-hydrogen) atoms. The summed E-state index contributed by atoms with van der Waals surface area (Å²) in [6, 6.07) is 1.89. The van der Waals surface area contributed by atoms with Crippen LogP contribution < -0.4 is 0 Å². The van der Waals surface area contributed by atoms with Crippen molar-refractivity contribution in [2.75, 3.05) is 0 Å². The second-order valence-electron chi connectivity index (χ2n) is 3.95. The number of benzene rings is 1. The Balaban J connectivity index is 3.22. The van der Waals surface area contributed by atoms with Gasteiger partial charge in [-0.3, -0.25) is 0 Å². The molecule has 0 aliphatic rings. The van der Waals surface area contributed by atoms with Gasteiger partial charge in [-0.2, -0.15) is 0 Å². The fourth-order valence-electron chi connectivity index (χ4n) is 1.08. The quantitative estimate of drug-likeness (QED) is 0.458. The van der Waals surface area contributed by atoms with Crippen LogP contribution >= 0.6 is 20.6 Å². The zero-order valence-corrected chi connectivity index (χ0v) is 13.4. The van der Waals surface area contributed by atoms with Crippen molar-refractivity contribution in [3.63, 3.8) is 0 Å². The van der Waals surface area contributed by atoms with Crippen molar-refractivity contribution in [2.45, 2.75) is 18.5 Å². The summed E-state index contributed by atoms with van der Waals surface area (Å²) in [5.74, 6) is -5.99. The maximum absolute atomic E-state index is 12.6. The molecule has 0 radical (unpaired) electrons. The zero-order valence-electron chi connectivity index (χ0n) is 11.2. The van der Waals surface area contributed by atoms with Crippen molar-refractivity contribution in [3.05, 3.63) is 33.4 Å². The van der Waals surface area contributed by atoms with Crippen LogP contribution in [0.5, 0.6) is 0 Å². The van der Waals surface area contributed by atoms with Gasteiger partial charge in [-0.25, -0.2) is 0 Å². The first-order valence-corrected chi connectivity index (χ1v) is 8.43. The molecule has 0 N–H and O–H groups in total. The van der Waals surface area contributed by atoms with Crippen molar-refractivity contribution >= 4 is 32.6 Å². The van der Waals surface area contributed by atoms with E-state index in [9.17, 15) is 49.1 Å². The second kappa shape index (κ2) is 7.25. The van der Waals surface area contributed by atoms with E-state index in [-0.39, 0.29) is 6.07 Å². The summed E-state index contributed by atoms with van der Waals surface area (Å²) < 4.78 is 117. The van der Waals surface area contributed by atoms with Gasteiger partial charge < -0.3 is 0 Å². The summed E-state index contributed by atoms with van der Waals surface area (Å²) in [4.78, 5) is 21.5. The molecule has 0 saturated heterocycles. The van der Waals surface area contributed by atoms with Gasteiger partial charge in [-0.15, -0.1) is 0 Å². The molecule has 0 aromatic heterocycles. The van der Waals surface area contributed by atoms with Crippen LogP contribution in [0.3, 0.4) is 0 Å². The molecule has 0 saturated carbocycles. The van der Waals surface area contributed by atoms with E-state index >= 15 is 0 Å². The first-order valence-electron chi connectivity index (χ1n) is 5.59. The van der Waals surface area contributed by atoms with Crippen LogP contribution in [0.2, 0.25) is 0 Å². The molecule has 1 aromatic carbocycles. The molecule has 0 atom stereocenters. The van der Waals surface area contributed by atoms with Crippen LogP contribution in [0.15, 0.2) is 24.3 Å². The van der Waals surface area contributed by atoms with Crippen LogP contribution in [0.25, 0.3) is 0 Å². The molecule has 0 fully saturated rings. The predicted octanol–water partition coefficient (Wildman–Crippen LogP) is 4.42. The minimum atomic E-state index is -5.65. The molecule has 0 heterocycles. The Kier molecular flexibility index (Phi) is 6.18. The number of carbonyl (C=O) groups is 2. The van der Waals surface area contributed by atoms with E-state index in [1.165, 1.54) is 0 Å². The summed E-state index contributed by atoms with van der Waals surface area (Å²) in [5, 5.41) is 0. The summed E-state index contributed by atoms with van der Waals surface area (Å²) in [6.45, 7) is 0. The molecule has 0 unspecified atom stereocenters. The van der Waals surface area contributed by atoms with Crippen LogP contribution in [-0.2, 0) is 21.9 Å². The number of hydrogen-bond donors (Lipinski definition) is 0. The summed E-state index contributed by atoms with van der Waals surface area (Å²) in [6.07, 6.45) is -16.3. The Bertz CT molecular complexity index is 622. The zero-order chi connectivity index (χ0) is 19.6. The number of alkyl halides is 9. The average molecular weight is 498 g/mol. The molecular formula is C11H4F9IO4. The molecule has 142 valence electrons. The molecule has 1 aromatic rings. The Labute approximate surface area is 140 Å². The van der Waals surface area contributed by atoms with Gasteiger partial charge in [0.2, 0.25) is 0 Å². The number of carbonyl (C=O) groups excluding carboxylic acids is 2. The first kappa shape index (κ1) is 21.3. The van der Waals surface area contributed by atoms with E-state index in [0.717, 1.165) is 0 Å². The van der Waals surface area contributed by atoms with Gasteiger partial charge in [0.25, 0.3) is 0 Å². The summed E-state index contributed by atoms with van der Waals surface area (Å²) in [7, 11) is 0. The Morgan fingerprint density at radius 1 is 0.800 bits per heavy atom. The SMILES string of the molecule is O=C(OI(OC(=O)C(F)(F)F)c1cccc(C(F)(F)F)c1)C(F)(F)F. The molecule has 1 rings (SSSR count). The third-order valence-electron chi connectivity index (χ3n) is 2.07. The van der Waals surface area contributed by atoms with Crippen molar-refractivity contribution < 1.29 is 55.2 Å². The standard InChI is InChI=1S/C11H4F9IO4/c12-9(13,14)5-2-1-3-6(4-5)21(24-7(22)10(15,16)17)25-8(23)11(18,19)20/h1-4H. The van der Waals surface area contributed by atoms with E-state index in [1.54, 1.807) is 0 Å². The van der Waals surface area contributed by atoms with Gasteiger partial charge in [-0.05, 0) is 0 Å². The Morgan fingerprint density at radius 3 is 1.60 bits per heavy atom. The Morgan fingerprint density at radius 2 is 1.24 bits per heavy atom. The molecule has 0 spiro atoms. The maximum atomic E-state index is 12.6. The van der Waals surface area contributed by atoms with E-state index < -0.39 is 60.3 Å². The predicted molar refractivity (Wildman–Crippen MR) is 68.5 cm³/mol. The third-order valence-corrected chi connectivity index (χ3v) is 5.36. The second-order valence-corrected chi connectivity index (χ2v) is 7.32. The van der Waals surface area contributed by atoms with Gasteiger partial charge in [0.1, 0.15) is 0 Å². The van der Waals surface area contributed by atoms with Crippen molar-refractivity contribution in [3.8, 4) is 0 Å². The van der Waals surface area contributed by atoms with E-state index in [4.69, 9.17) is 0 Å². The number of hydrogen-bond acceptors (Lipinski definition) is 4. The fraction of sp³-hybridized carbons (Fsp3) is 0.273. The van der Waals surface area contributed by atoms with Gasteiger partial charge in [0, 0.05) is 0 Å². The Hall–Kier alpha value is -1.74. The van der Waals surface area contributed by atoms with Crippen molar-refractivity contribution in [2.24, 2.45) is 0 Å². The van der Waals surface area contributed by atoms with Crippen LogP contribution in [0.4, 0.5) is 39.5 Å². The minimum absolute atomic E-state index is 0.137. The number of rotatable bonds is 3. The fourth-order valence-corrected chi connectivity index (χ4v) is 4.00. The number of halogens is 10. The van der Waals surface area contributed by atoms with E-state index in [1.807, 2.05) is 0 Å². The van der Waals surface area contributed by atoms with Crippen LogP contribution in [0.1, 0.15) is 5.56 Å². The molecular weight excluding hydrogens is 494 g/mol. The van der Waals surface area contributed by atoms with E-state index in [2.05, 4.69) is 6.13 Å². The topological polar surface area (TPSA) is 52.6 Å². The molecule has 0 bridgehead atoms. The molecule has 0 amide bonds. The van der Waals surface area contributed by atoms with E-state index in [0.29, 0.717) is 18.2 Å². The van der Waals surface area contributed by atoms with Gasteiger partial charge in [-0.1, -0.05) is 0 Å². The molecule has 0 aliphatic carbocycles. The van der Waals surface area contributed by atoms with Crippen molar-refractivity contribution in [1.82, 2.24) is 0 Å². The van der Waals surface area contributed by atoms with Gasteiger partial charge >= 0.3 is 140 Å². The molecule has 4 nitrogen and oxygen atoms in total. The van der Waals surface area contributed by atoms with Crippen molar-refractivity contribution in [1.29, 1.82) is 0 Å². The first-order chi connectivity index (χ1) is 11.1. The van der Waals surface area contributed by atoms with Crippen LogP contribution in [0, 0.1) is 3.57 Å². The van der Waals surface area contributed by atoms with Gasteiger partial charge in [0.05, 0.1) is 0 Å². The third kappa shape index (κ3) is 6.24. The summed E-state index contributed by atoms with van der Waals surface area (Å²) in [5.41, 5.74) is -1.45. The summed E-state index contributed by atoms with van der Waals surface area (Å²) >= 11 is -4.86. The molecule has 0 aliphatic heterocycles. The average Bonchev–Trinajstić information content (AvgIpc) is 2.43. The van der Waals surface area contributed by atoms with Gasteiger partial charge in [0.15, 0.2) is 0 Å². The molecule has 14 heteroatoms.